The van der Waals surface area contributed by atoms with Gasteiger partial charge in [-0.15, -0.1) is 0 Å². The Morgan fingerprint density at radius 1 is 1.24 bits per heavy atom. The molecular formula is C17H18FNO2. The first-order valence-electron chi connectivity index (χ1n) is 6.78. The maximum absolute atomic E-state index is 13.8. The highest BCUT2D eigenvalue weighted by atomic mass is 19.1. The monoisotopic (exact) mass is 287 g/mol. The van der Waals surface area contributed by atoms with Gasteiger partial charge >= 0.3 is 0 Å². The average Bonchev–Trinajstić information content (AvgIpc) is 2.47. The normalized spacial score (nSPS) is 11.8. The summed E-state index contributed by atoms with van der Waals surface area (Å²) in [5.41, 5.74) is 1.15. The molecule has 4 heteroatoms. The van der Waals surface area contributed by atoms with Gasteiger partial charge < -0.3 is 10.1 Å². The van der Waals surface area contributed by atoms with Crippen LogP contribution in [0.5, 0.6) is 5.75 Å². The van der Waals surface area contributed by atoms with Crippen LogP contribution in [0.15, 0.2) is 48.5 Å². The molecular weight excluding hydrogens is 269 g/mol. The third kappa shape index (κ3) is 4.05. The second-order valence-corrected chi connectivity index (χ2v) is 4.91. The lowest BCUT2D eigenvalue weighted by molar-refractivity contribution is 0.0936. The van der Waals surface area contributed by atoms with Crippen LogP contribution in [0.25, 0.3) is 0 Å². The molecule has 2 rings (SSSR count). The van der Waals surface area contributed by atoms with Crippen molar-refractivity contribution < 1.29 is 13.9 Å². The van der Waals surface area contributed by atoms with Crippen LogP contribution in [0.2, 0.25) is 0 Å². The van der Waals surface area contributed by atoms with Gasteiger partial charge in [-0.05, 0) is 31.0 Å². The molecule has 0 bridgehead atoms. The van der Waals surface area contributed by atoms with E-state index in [1.165, 1.54) is 19.2 Å². The van der Waals surface area contributed by atoms with Crippen molar-refractivity contribution in [3.63, 3.8) is 0 Å². The average molecular weight is 287 g/mol. The second-order valence-electron chi connectivity index (χ2n) is 4.91. The van der Waals surface area contributed by atoms with Crippen molar-refractivity contribution in [1.82, 2.24) is 5.32 Å². The van der Waals surface area contributed by atoms with E-state index in [4.69, 9.17) is 4.74 Å². The van der Waals surface area contributed by atoms with Gasteiger partial charge in [0.2, 0.25) is 0 Å². The maximum Gasteiger partial charge on any atom is 0.254 e. The zero-order chi connectivity index (χ0) is 15.2. The number of methoxy groups -OCH3 is 1. The van der Waals surface area contributed by atoms with Crippen molar-refractivity contribution in [2.75, 3.05) is 7.11 Å². The van der Waals surface area contributed by atoms with E-state index in [0.29, 0.717) is 12.2 Å². The lowest BCUT2D eigenvalue weighted by Crippen LogP contribution is -2.34. The lowest BCUT2D eigenvalue weighted by Gasteiger charge is -2.14. The Morgan fingerprint density at radius 3 is 2.57 bits per heavy atom. The van der Waals surface area contributed by atoms with Gasteiger partial charge in [0.25, 0.3) is 5.91 Å². The van der Waals surface area contributed by atoms with E-state index in [1.807, 2.05) is 37.3 Å². The van der Waals surface area contributed by atoms with E-state index in [0.717, 1.165) is 5.56 Å². The predicted molar refractivity (Wildman–Crippen MR) is 80.0 cm³/mol. The van der Waals surface area contributed by atoms with Gasteiger partial charge in [-0.1, -0.05) is 30.3 Å². The molecule has 1 amide bonds. The van der Waals surface area contributed by atoms with Crippen LogP contribution in [-0.2, 0) is 6.42 Å². The standard InChI is InChI=1S/C17H18FNO2/c1-12(10-13-6-4-3-5-7-13)19-17(20)15-9-8-14(21-2)11-16(15)18/h3-9,11-12H,10H2,1-2H3,(H,19,20). The fourth-order valence-corrected chi connectivity index (χ4v) is 2.13. The summed E-state index contributed by atoms with van der Waals surface area (Å²) in [5.74, 6) is -0.612. The lowest BCUT2D eigenvalue weighted by atomic mass is 10.1. The van der Waals surface area contributed by atoms with Gasteiger partial charge in [0.05, 0.1) is 12.7 Å². The predicted octanol–water partition coefficient (Wildman–Crippen LogP) is 3.20. The molecule has 1 unspecified atom stereocenters. The number of nitrogens with one attached hydrogen (secondary N) is 1. The van der Waals surface area contributed by atoms with E-state index in [1.54, 1.807) is 6.07 Å². The first kappa shape index (κ1) is 15.0. The Morgan fingerprint density at radius 2 is 1.95 bits per heavy atom. The molecule has 0 spiro atoms. The van der Waals surface area contributed by atoms with Crippen molar-refractivity contribution in [2.24, 2.45) is 0 Å². The Balaban J connectivity index is 2.01. The minimum absolute atomic E-state index is 0.0238. The van der Waals surface area contributed by atoms with Crippen LogP contribution in [0.4, 0.5) is 4.39 Å². The third-order valence-corrected chi connectivity index (χ3v) is 3.18. The van der Waals surface area contributed by atoms with Crippen LogP contribution >= 0.6 is 0 Å². The van der Waals surface area contributed by atoms with E-state index >= 15 is 0 Å². The van der Waals surface area contributed by atoms with Crippen molar-refractivity contribution in [1.29, 1.82) is 0 Å². The summed E-state index contributed by atoms with van der Waals surface area (Å²) in [6.07, 6.45) is 0.699. The molecule has 1 atom stereocenters. The van der Waals surface area contributed by atoms with Gasteiger partial charge in [0, 0.05) is 12.1 Å². The van der Waals surface area contributed by atoms with E-state index in [2.05, 4.69) is 5.32 Å². The zero-order valence-corrected chi connectivity index (χ0v) is 12.1. The molecule has 2 aromatic rings. The fraction of sp³-hybridized carbons (Fsp3) is 0.235. The number of amides is 1. The summed E-state index contributed by atoms with van der Waals surface area (Å²) in [7, 11) is 1.45. The molecule has 0 aliphatic carbocycles. The number of ether oxygens (including phenoxy) is 1. The molecule has 0 radical (unpaired) electrons. The summed E-state index contributed by atoms with van der Waals surface area (Å²) in [5, 5.41) is 2.80. The molecule has 0 aliphatic heterocycles. The minimum Gasteiger partial charge on any atom is -0.497 e. The molecule has 1 N–H and O–H groups in total. The third-order valence-electron chi connectivity index (χ3n) is 3.18. The van der Waals surface area contributed by atoms with Crippen molar-refractivity contribution in [2.45, 2.75) is 19.4 Å². The van der Waals surface area contributed by atoms with Gasteiger partial charge in [0.15, 0.2) is 0 Å². The maximum atomic E-state index is 13.8. The zero-order valence-electron chi connectivity index (χ0n) is 12.1. The van der Waals surface area contributed by atoms with Crippen LogP contribution in [0, 0.1) is 5.82 Å². The second kappa shape index (κ2) is 6.88. The number of hydrogen-bond donors (Lipinski definition) is 1. The first-order chi connectivity index (χ1) is 10.1. The topological polar surface area (TPSA) is 38.3 Å². The van der Waals surface area contributed by atoms with E-state index < -0.39 is 11.7 Å². The Hall–Kier alpha value is -2.36. The van der Waals surface area contributed by atoms with Crippen LogP contribution in [-0.4, -0.2) is 19.1 Å². The Bertz CT molecular complexity index is 613. The number of carbonyl (C=O) groups is 1. The van der Waals surface area contributed by atoms with Gasteiger partial charge in [-0.2, -0.15) is 0 Å². The number of hydrogen-bond acceptors (Lipinski definition) is 2. The van der Waals surface area contributed by atoms with Crippen molar-refractivity contribution in [3.05, 3.63) is 65.5 Å². The highest BCUT2D eigenvalue weighted by Crippen LogP contribution is 2.16. The molecule has 0 aliphatic rings. The van der Waals surface area contributed by atoms with Crippen LogP contribution < -0.4 is 10.1 Å². The van der Waals surface area contributed by atoms with Crippen LogP contribution in [0.3, 0.4) is 0 Å². The number of carbonyl (C=O) groups excluding carboxylic acids is 1. The van der Waals surface area contributed by atoms with Gasteiger partial charge in [-0.25, -0.2) is 4.39 Å². The summed E-state index contributed by atoms with van der Waals surface area (Å²) >= 11 is 0. The first-order valence-corrected chi connectivity index (χ1v) is 6.78. The molecule has 2 aromatic carbocycles. The molecule has 0 saturated heterocycles. The largest absolute Gasteiger partial charge is 0.497 e. The van der Waals surface area contributed by atoms with Gasteiger partial charge in [0.1, 0.15) is 11.6 Å². The molecule has 0 fully saturated rings. The Kier molecular flexibility index (Phi) is 4.93. The quantitative estimate of drug-likeness (QED) is 0.917. The minimum atomic E-state index is -0.584. The SMILES string of the molecule is COc1ccc(C(=O)NC(C)Cc2ccccc2)c(F)c1. The number of benzene rings is 2. The van der Waals surface area contributed by atoms with E-state index in [-0.39, 0.29) is 11.6 Å². The molecule has 0 aromatic heterocycles. The van der Waals surface area contributed by atoms with Crippen LogP contribution in [0.1, 0.15) is 22.8 Å². The summed E-state index contributed by atoms with van der Waals surface area (Å²) in [4.78, 5) is 12.1. The molecule has 110 valence electrons. The number of halogens is 1. The molecule has 3 nitrogen and oxygen atoms in total. The summed E-state index contributed by atoms with van der Waals surface area (Å²) in [6.45, 7) is 1.90. The van der Waals surface area contributed by atoms with Crippen molar-refractivity contribution >= 4 is 5.91 Å². The highest BCUT2D eigenvalue weighted by molar-refractivity contribution is 5.94. The number of rotatable bonds is 5. The molecule has 0 heterocycles. The van der Waals surface area contributed by atoms with Crippen molar-refractivity contribution in [3.8, 4) is 5.75 Å². The molecule has 21 heavy (non-hydrogen) atoms. The smallest absolute Gasteiger partial charge is 0.254 e. The Labute approximate surface area is 123 Å². The van der Waals surface area contributed by atoms with Gasteiger partial charge in [-0.3, -0.25) is 4.79 Å². The fourth-order valence-electron chi connectivity index (χ4n) is 2.13. The highest BCUT2D eigenvalue weighted by Gasteiger charge is 2.15. The van der Waals surface area contributed by atoms with E-state index in [9.17, 15) is 9.18 Å². The summed E-state index contributed by atoms with van der Waals surface area (Å²) < 4.78 is 18.7. The summed E-state index contributed by atoms with van der Waals surface area (Å²) in [6, 6.07) is 14.0. The molecule has 0 saturated carbocycles.